The molecule has 0 bridgehead atoms. The summed E-state index contributed by atoms with van der Waals surface area (Å²) >= 11 is 0. The topological polar surface area (TPSA) is 118 Å². The van der Waals surface area contributed by atoms with Crippen molar-refractivity contribution in [3.63, 3.8) is 0 Å². The molecule has 5 heterocycles. The Hall–Kier alpha value is -3.76. The maximum atomic E-state index is 13.2. The van der Waals surface area contributed by atoms with Crippen molar-refractivity contribution in [2.75, 3.05) is 31.1 Å². The molecular weight excluding hydrogens is 424 g/mol. The van der Waals surface area contributed by atoms with Gasteiger partial charge in [-0.05, 0) is 39.2 Å². The van der Waals surface area contributed by atoms with Crippen LogP contribution in [0.15, 0.2) is 24.9 Å². The van der Waals surface area contributed by atoms with Gasteiger partial charge in [-0.2, -0.15) is 0 Å². The number of piperidine rings is 1. The molecule has 2 aliphatic rings. The van der Waals surface area contributed by atoms with Gasteiger partial charge in [0.15, 0.2) is 5.82 Å². The maximum Gasteiger partial charge on any atom is 0.325 e. The van der Waals surface area contributed by atoms with E-state index in [-0.39, 0.29) is 31.1 Å². The molecule has 1 spiro atoms. The van der Waals surface area contributed by atoms with Gasteiger partial charge in [0.05, 0.1) is 19.1 Å². The highest BCUT2D eigenvalue weighted by atomic mass is 16.5. The molecule has 2 saturated heterocycles. The number of ether oxygens (including phenoxy) is 1. The highest BCUT2D eigenvalue weighted by Gasteiger charge is 2.52. The van der Waals surface area contributed by atoms with Crippen LogP contribution in [0.2, 0.25) is 0 Å². The number of nitrogens with zero attached hydrogens (tertiary/aromatic N) is 7. The number of carbonyl (C=O) groups is 2. The minimum atomic E-state index is -0.883. The molecule has 3 aromatic rings. The quantitative estimate of drug-likeness (QED) is 0.580. The van der Waals surface area contributed by atoms with Crippen molar-refractivity contribution in [3.8, 4) is 6.01 Å². The first-order valence-electron chi connectivity index (χ1n) is 11.0. The van der Waals surface area contributed by atoms with Gasteiger partial charge in [0, 0.05) is 36.9 Å². The summed E-state index contributed by atoms with van der Waals surface area (Å²) in [5, 5.41) is 2.93. The molecule has 11 nitrogen and oxygen atoms in total. The summed E-state index contributed by atoms with van der Waals surface area (Å²) in [6, 6.07) is -0.127. The van der Waals surface area contributed by atoms with Crippen LogP contribution < -0.4 is 15.0 Å². The van der Waals surface area contributed by atoms with E-state index in [1.165, 1.54) is 4.90 Å². The molecule has 1 N–H and O–H groups in total. The van der Waals surface area contributed by atoms with Crippen LogP contribution in [-0.4, -0.2) is 73.0 Å². The Labute approximate surface area is 190 Å². The molecule has 0 radical (unpaired) electrons. The second kappa shape index (κ2) is 7.98. The Kier molecular flexibility index (Phi) is 5.10. The lowest BCUT2D eigenvalue weighted by molar-refractivity contribution is -0.132. The average molecular weight is 451 g/mol. The predicted octanol–water partition coefficient (Wildman–Crippen LogP) is 1.41. The van der Waals surface area contributed by atoms with E-state index in [1.807, 2.05) is 31.4 Å². The summed E-state index contributed by atoms with van der Waals surface area (Å²) < 4.78 is 7.56. The molecule has 0 aliphatic carbocycles. The molecule has 11 heteroatoms. The average Bonchev–Trinajstić information content (AvgIpc) is 3.37. The Bertz CT molecular complexity index is 1210. The molecular formula is C22H26N8O3. The van der Waals surface area contributed by atoms with Crippen molar-refractivity contribution in [2.45, 2.75) is 39.2 Å². The van der Waals surface area contributed by atoms with E-state index in [9.17, 15) is 9.59 Å². The van der Waals surface area contributed by atoms with Crippen LogP contribution in [0.3, 0.4) is 0 Å². The molecule has 33 heavy (non-hydrogen) atoms. The molecule has 0 atom stereocenters. The number of urea groups is 1. The van der Waals surface area contributed by atoms with Crippen LogP contribution in [0, 0.1) is 20.8 Å². The first-order valence-corrected chi connectivity index (χ1v) is 11.0. The largest absolute Gasteiger partial charge is 0.462 e. The van der Waals surface area contributed by atoms with Crippen molar-refractivity contribution < 1.29 is 14.3 Å². The number of amides is 3. The zero-order chi connectivity index (χ0) is 23.2. The first kappa shape index (κ1) is 21.1. The molecule has 2 aliphatic heterocycles. The second-order valence-corrected chi connectivity index (χ2v) is 8.54. The molecule has 0 aromatic carbocycles. The van der Waals surface area contributed by atoms with Crippen LogP contribution in [0.5, 0.6) is 6.01 Å². The zero-order valence-electron chi connectivity index (χ0n) is 18.9. The zero-order valence-corrected chi connectivity index (χ0v) is 18.9. The number of fused-ring (bicyclic) bond motifs is 1. The van der Waals surface area contributed by atoms with Gasteiger partial charge in [0.25, 0.3) is 5.91 Å². The van der Waals surface area contributed by atoms with E-state index < -0.39 is 5.54 Å². The summed E-state index contributed by atoms with van der Waals surface area (Å²) in [6.07, 6.45) is 8.10. The second-order valence-electron chi connectivity index (χ2n) is 8.54. The smallest absolute Gasteiger partial charge is 0.325 e. The number of nitrogens with one attached hydrogen (secondary N) is 1. The third kappa shape index (κ3) is 3.62. The summed E-state index contributed by atoms with van der Waals surface area (Å²) in [6.45, 7) is 7.23. The summed E-state index contributed by atoms with van der Waals surface area (Å²) in [5.74, 6) is 0.624. The standard InChI is InChI=1S/C22H26N8O3/c1-14-15(2)25-20(26-16(14)3)33-11-10-30-19(31)22(27-21(30)32)4-7-28(8-5-22)18-17-12-23-13-29(17)9-6-24-18/h6,9,12-13H,4-5,7-8,10-11H2,1-3H3,(H,27,32). The number of rotatable bonds is 5. The number of aryl methyl sites for hydroxylation is 2. The van der Waals surface area contributed by atoms with Crippen LogP contribution in [0.25, 0.3) is 5.52 Å². The van der Waals surface area contributed by atoms with Crippen LogP contribution >= 0.6 is 0 Å². The fraction of sp³-hybridized carbons (Fsp3) is 0.455. The summed E-state index contributed by atoms with van der Waals surface area (Å²) in [4.78, 5) is 46.5. The predicted molar refractivity (Wildman–Crippen MR) is 119 cm³/mol. The minimum Gasteiger partial charge on any atom is -0.462 e. The van der Waals surface area contributed by atoms with Crippen LogP contribution in [0.1, 0.15) is 29.8 Å². The summed E-state index contributed by atoms with van der Waals surface area (Å²) in [5.41, 5.74) is 2.74. The monoisotopic (exact) mass is 450 g/mol. The van der Waals surface area contributed by atoms with Crippen molar-refractivity contribution >= 4 is 23.3 Å². The molecule has 3 aromatic heterocycles. The van der Waals surface area contributed by atoms with E-state index in [0.29, 0.717) is 25.9 Å². The Balaban J connectivity index is 1.22. The van der Waals surface area contributed by atoms with Gasteiger partial charge in [0.2, 0.25) is 0 Å². The van der Waals surface area contributed by atoms with Gasteiger partial charge in [-0.3, -0.25) is 9.69 Å². The number of carbonyl (C=O) groups excluding carboxylic acids is 2. The van der Waals surface area contributed by atoms with Crippen LogP contribution in [-0.2, 0) is 4.79 Å². The number of imidazole rings is 1. The van der Waals surface area contributed by atoms with E-state index in [1.54, 1.807) is 18.7 Å². The number of imide groups is 1. The fourth-order valence-electron chi connectivity index (χ4n) is 4.43. The van der Waals surface area contributed by atoms with Crippen molar-refractivity contribution in [1.29, 1.82) is 0 Å². The Morgan fingerprint density at radius 3 is 2.58 bits per heavy atom. The summed E-state index contributed by atoms with van der Waals surface area (Å²) in [7, 11) is 0. The fourth-order valence-corrected chi connectivity index (χ4v) is 4.43. The van der Waals surface area contributed by atoms with Gasteiger partial charge in [-0.15, -0.1) is 0 Å². The Morgan fingerprint density at radius 1 is 1.12 bits per heavy atom. The molecule has 5 rings (SSSR count). The molecule has 0 unspecified atom stereocenters. The van der Waals surface area contributed by atoms with Crippen LogP contribution in [0.4, 0.5) is 10.6 Å². The van der Waals surface area contributed by atoms with Crippen molar-refractivity contribution in [1.82, 2.24) is 34.6 Å². The van der Waals surface area contributed by atoms with E-state index in [2.05, 4.69) is 30.2 Å². The van der Waals surface area contributed by atoms with Gasteiger partial charge >= 0.3 is 12.0 Å². The SMILES string of the molecule is Cc1nc(OCCN2C(=O)NC3(CCN(c4nccn5cncc45)CC3)C2=O)nc(C)c1C. The highest BCUT2D eigenvalue weighted by Crippen LogP contribution is 2.32. The minimum absolute atomic E-state index is 0.135. The van der Waals surface area contributed by atoms with Crippen molar-refractivity contribution in [2.24, 2.45) is 0 Å². The van der Waals surface area contributed by atoms with E-state index >= 15 is 0 Å². The van der Waals surface area contributed by atoms with Crippen molar-refractivity contribution in [3.05, 3.63) is 41.9 Å². The Morgan fingerprint density at radius 2 is 1.85 bits per heavy atom. The van der Waals surface area contributed by atoms with E-state index in [4.69, 9.17) is 4.74 Å². The van der Waals surface area contributed by atoms with Gasteiger partial charge < -0.3 is 19.4 Å². The molecule has 172 valence electrons. The maximum absolute atomic E-state index is 13.2. The molecule has 3 amide bonds. The number of aromatic nitrogens is 5. The third-order valence-corrected chi connectivity index (χ3v) is 6.64. The number of hydrogen-bond acceptors (Lipinski definition) is 8. The normalized spacial score (nSPS) is 17.8. The van der Waals surface area contributed by atoms with Gasteiger partial charge in [-0.25, -0.2) is 24.7 Å². The lowest BCUT2D eigenvalue weighted by Gasteiger charge is -2.38. The molecule has 2 fully saturated rings. The molecule has 0 saturated carbocycles. The number of hydrogen-bond donors (Lipinski definition) is 1. The van der Waals surface area contributed by atoms with Gasteiger partial charge in [0.1, 0.15) is 17.7 Å². The number of anilines is 1. The lowest BCUT2D eigenvalue weighted by atomic mass is 9.87. The lowest BCUT2D eigenvalue weighted by Crippen LogP contribution is -2.55. The highest BCUT2D eigenvalue weighted by molar-refractivity contribution is 6.07. The van der Waals surface area contributed by atoms with Gasteiger partial charge in [-0.1, -0.05) is 0 Å². The van der Waals surface area contributed by atoms with E-state index in [0.717, 1.165) is 28.3 Å². The first-order chi connectivity index (χ1) is 15.9. The third-order valence-electron chi connectivity index (χ3n) is 6.64.